The Morgan fingerprint density at radius 2 is 1.78 bits per heavy atom. The number of rotatable bonds is 4. The molecule has 0 fully saturated rings. The van der Waals surface area contributed by atoms with Gasteiger partial charge in [-0.05, 0) is 36.2 Å². The van der Waals surface area contributed by atoms with Crippen molar-refractivity contribution in [2.24, 2.45) is 0 Å². The van der Waals surface area contributed by atoms with Crippen molar-refractivity contribution in [1.82, 2.24) is 0 Å². The molecule has 0 unspecified atom stereocenters. The molecule has 0 atom stereocenters. The zero-order valence-electron chi connectivity index (χ0n) is 14.4. The van der Waals surface area contributed by atoms with Crippen molar-refractivity contribution in [3.8, 4) is 0 Å². The number of anilines is 1. The average molecular weight is 361 g/mol. The summed E-state index contributed by atoms with van der Waals surface area (Å²) in [5, 5.41) is 4.72. The summed E-state index contributed by atoms with van der Waals surface area (Å²) in [5.74, 6) is 0. The van der Waals surface area contributed by atoms with Gasteiger partial charge in [0.2, 0.25) is 0 Å². The standard InChI is InChI=1S/C21H15NO5/c1-12-8-20(24)26-19-9-13(6-7-14(12)19)22-10-16-15-4-2-3-5-18(15)27-21(25)17(16)11-23/h2-9,11,22H,10H2,1H3. The van der Waals surface area contributed by atoms with E-state index in [0.717, 1.165) is 10.9 Å². The van der Waals surface area contributed by atoms with Gasteiger partial charge in [-0.25, -0.2) is 9.59 Å². The summed E-state index contributed by atoms with van der Waals surface area (Å²) in [6, 6.07) is 13.9. The normalized spacial score (nSPS) is 11.0. The predicted octanol–water partition coefficient (Wildman–Crippen LogP) is 3.63. The molecule has 0 aliphatic carbocycles. The molecule has 0 aliphatic rings. The van der Waals surface area contributed by atoms with Gasteiger partial charge in [0, 0.05) is 35.1 Å². The minimum Gasteiger partial charge on any atom is -0.423 e. The Labute approximate surface area is 153 Å². The molecule has 0 saturated carbocycles. The lowest BCUT2D eigenvalue weighted by Crippen LogP contribution is -2.14. The summed E-state index contributed by atoms with van der Waals surface area (Å²) in [5.41, 5.74) is 1.90. The van der Waals surface area contributed by atoms with E-state index in [1.165, 1.54) is 6.07 Å². The zero-order valence-corrected chi connectivity index (χ0v) is 14.4. The molecule has 6 heteroatoms. The van der Waals surface area contributed by atoms with Gasteiger partial charge in [0.15, 0.2) is 6.29 Å². The topological polar surface area (TPSA) is 89.5 Å². The Morgan fingerprint density at radius 3 is 2.59 bits per heavy atom. The van der Waals surface area contributed by atoms with Crippen LogP contribution in [-0.2, 0) is 6.54 Å². The first-order valence-electron chi connectivity index (χ1n) is 8.35. The number of nitrogens with one attached hydrogen (secondary N) is 1. The third-order valence-corrected chi connectivity index (χ3v) is 4.50. The van der Waals surface area contributed by atoms with Crippen LogP contribution < -0.4 is 16.6 Å². The van der Waals surface area contributed by atoms with Crippen LogP contribution in [0.3, 0.4) is 0 Å². The van der Waals surface area contributed by atoms with Crippen molar-refractivity contribution in [3.63, 3.8) is 0 Å². The molecule has 0 amide bonds. The Balaban J connectivity index is 1.75. The third kappa shape index (κ3) is 3.01. The van der Waals surface area contributed by atoms with Crippen LogP contribution in [0.15, 0.2) is 67.0 Å². The van der Waals surface area contributed by atoms with E-state index in [1.807, 2.05) is 25.1 Å². The Morgan fingerprint density at radius 1 is 0.963 bits per heavy atom. The highest BCUT2D eigenvalue weighted by atomic mass is 16.4. The molecule has 4 rings (SSSR count). The summed E-state index contributed by atoms with van der Waals surface area (Å²) < 4.78 is 10.4. The van der Waals surface area contributed by atoms with Crippen LogP contribution in [0.1, 0.15) is 21.5 Å². The van der Waals surface area contributed by atoms with E-state index in [9.17, 15) is 14.4 Å². The molecule has 0 radical (unpaired) electrons. The molecule has 6 nitrogen and oxygen atoms in total. The highest BCUT2D eigenvalue weighted by Crippen LogP contribution is 2.23. The van der Waals surface area contributed by atoms with E-state index in [2.05, 4.69) is 5.32 Å². The molecule has 134 valence electrons. The van der Waals surface area contributed by atoms with Crippen LogP contribution in [0.25, 0.3) is 21.9 Å². The first-order chi connectivity index (χ1) is 13.1. The highest BCUT2D eigenvalue weighted by Gasteiger charge is 2.14. The maximum absolute atomic E-state index is 12.1. The lowest BCUT2D eigenvalue weighted by Gasteiger charge is -2.11. The van der Waals surface area contributed by atoms with Crippen molar-refractivity contribution in [2.75, 3.05) is 5.32 Å². The Hall–Kier alpha value is -3.67. The largest absolute Gasteiger partial charge is 0.423 e. The second-order valence-corrected chi connectivity index (χ2v) is 6.21. The van der Waals surface area contributed by atoms with Crippen LogP contribution in [0, 0.1) is 6.92 Å². The van der Waals surface area contributed by atoms with Crippen molar-refractivity contribution in [1.29, 1.82) is 0 Å². The van der Waals surface area contributed by atoms with Crippen molar-refractivity contribution < 1.29 is 13.6 Å². The van der Waals surface area contributed by atoms with Gasteiger partial charge in [-0.15, -0.1) is 0 Å². The van der Waals surface area contributed by atoms with Crippen LogP contribution in [0.2, 0.25) is 0 Å². The second kappa shape index (κ2) is 6.57. The zero-order chi connectivity index (χ0) is 19.0. The summed E-state index contributed by atoms with van der Waals surface area (Å²) in [6.45, 7) is 2.08. The van der Waals surface area contributed by atoms with Crippen LogP contribution >= 0.6 is 0 Å². The van der Waals surface area contributed by atoms with Gasteiger partial charge in [0.1, 0.15) is 16.7 Å². The van der Waals surface area contributed by atoms with Gasteiger partial charge in [0.25, 0.3) is 0 Å². The molecule has 2 aromatic heterocycles. The number of carbonyl (C=O) groups is 1. The Kier molecular flexibility index (Phi) is 4.08. The summed E-state index contributed by atoms with van der Waals surface area (Å²) in [6.07, 6.45) is 0.512. The average Bonchev–Trinajstić information content (AvgIpc) is 2.65. The Bertz CT molecular complexity index is 1300. The molecule has 0 aliphatic heterocycles. The number of aldehydes is 1. The predicted molar refractivity (Wildman–Crippen MR) is 102 cm³/mol. The molecule has 0 bridgehead atoms. The van der Waals surface area contributed by atoms with Crippen molar-refractivity contribution in [2.45, 2.75) is 13.5 Å². The van der Waals surface area contributed by atoms with E-state index in [4.69, 9.17) is 8.83 Å². The number of fused-ring (bicyclic) bond motifs is 2. The van der Waals surface area contributed by atoms with Crippen molar-refractivity contribution in [3.05, 3.63) is 86.1 Å². The van der Waals surface area contributed by atoms with Gasteiger partial charge < -0.3 is 14.2 Å². The fourth-order valence-corrected chi connectivity index (χ4v) is 3.16. The van der Waals surface area contributed by atoms with Gasteiger partial charge >= 0.3 is 11.3 Å². The monoisotopic (exact) mass is 361 g/mol. The molecular formula is C21H15NO5. The van der Waals surface area contributed by atoms with E-state index < -0.39 is 11.3 Å². The summed E-state index contributed by atoms with van der Waals surface area (Å²) in [7, 11) is 0. The number of hydrogen-bond acceptors (Lipinski definition) is 6. The first kappa shape index (κ1) is 16.8. The second-order valence-electron chi connectivity index (χ2n) is 6.21. The van der Waals surface area contributed by atoms with E-state index >= 15 is 0 Å². The number of carbonyl (C=O) groups excluding carboxylic acids is 1. The number of benzene rings is 2. The SMILES string of the molecule is Cc1cc(=O)oc2cc(NCc3c(C=O)c(=O)oc4ccccc34)ccc12. The minimum absolute atomic E-state index is 0.00985. The number of para-hydroxylation sites is 1. The third-order valence-electron chi connectivity index (χ3n) is 4.50. The first-order valence-corrected chi connectivity index (χ1v) is 8.35. The van der Waals surface area contributed by atoms with Gasteiger partial charge in [-0.2, -0.15) is 0 Å². The lowest BCUT2D eigenvalue weighted by atomic mass is 10.0. The van der Waals surface area contributed by atoms with Crippen LogP contribution in [-0.4, -0.2) is 6.29 Å². The summed E-state index contributed by atoms with van der Waals surface area (Å²) in [4.78, 5) is 35.1. The van der Waals surface area contributed by atoms with Gasteiger partial charge in [0.05, 0.1) is 0 Å². The smallest absolute Gasteiger partial charge is 0.347 e. The van der Waals surface area contributed by atoms with E-state index in [1.54, 1.807) is 24.3 Å². The maximum atomic E-state index is 12.1. The number of hydrogen-bond donors (Lipinski definition) is 1. The number of aryl methyl sites for hydroxylation is 1. The van der Waals surface area contributed by atoms with Crippen LogP contribution in [0.5, 0.6) is 0 Å². The summed E-state index contributed by atoms with van der Waals surface area (Å²) >= 11 is 0. The maximum Gasteiger partial charge on any atom is 0.347 e. The lowest BCUT2D eigenvalue weighted by molar-refractivity contribution is 0.111. The minimum atomic E-state index is -0.666. The highest BCUT2D eigenvalue weighted by molar-refractivity contribution is 5.89. The fourth-order valence-electron chi connectivity index (χ4n) is 3.16. The fraction of sp³-hybridized carbons (Fsp3) is 0.0952. The van der Waals surface area contributed by atoms with Gasteiger partial charge in [-0.3, -0.25) is 4.79 Å². The van der Waals surface area contributed by atoms with E-state index in [0.29, 0.717) is 34.1 Å². The molecule has 0 saturated heterocycles. The quantitative estimate of drug-likeness (QED) is 0.441. The molecule has 0 spiro atoms. The molecule has 4 aromatic rings. The van der Waals surface area contributed by atoms with Crippen LogP contribution in [0.4, 0.5) is 5.69 Å². The molecular weight excluding hydrogens is 346 g/mol. The molecule has 2 aromatic carbocycles. The van der Waals surface area contributed by atoms with E-state index in [-0.39, 0.29) is 12.1 Å². The molecule has 27 heavy (non-hydrogen) atoms. The van der Waals surface area contributed by atoms with Gasteiger partial charge in [-0.1, -0.05) is 18.2 Å². The van der Waals surface area contributed by atoms with Crippen molar-refractivity contribution >= 4 is 33.9 Å². The molecule has 1 N–H and O–H groups in total. The molecule has 2 heterocycles.